The van der Waals surface area contributed by atoms with Crippen molar-refractivity contribution in [2.24, 2.45) is 5.92 Å². The summed E-state index contributed by atoms with van der Waals surface area (Å²) in [4.78, 5) is 34.2. The maximum Gasteiger partial charge on any atom is 0.230 e. The van der Waals surface area contributed by atoms with Gasteiger partial charge in [-0.15, -0.1) is 11.3 Å². The Labute approximate surface area is 225 Å². The highest BCUT2D eigenvalue weighted by atomic mass is 35.5. The van der Waals surface area contributed by atoms with E-state index in [0.717, 1.165) is 44.7 Å². The second-order valence-corrected chi connectivity index (χ2v) is 13.3. The lowest BCUT2D eigenvalue weighted by atomic mass is 9.75. The molecule has 3 aromatic rings. The first-order chi connectivity index (χ1) is 18.0. The predicted molar refractivity (Wildman–Crippen MR) is 146 cm³/mol. The van der Waals surface area contributed by atoms with Gasteiger partial charge in [-0.3, -0.25) is 19.5 Å². The lowest BCUT2D eigenvalue weighted by Gasteiger charge is -2.41. The number of hydrogen-bond donors (Lipinski definition) is 1. The summed E-state index contributed by atoms with van der Waals surface area (Å²) < 4.78 is 1.10. The van der Waals surface area contributed by atoms with Crippen molar-refractivity contribution in [3.63, 3.8) is 0 Å². The highest BCUT2D eigenvalue weighted by molar-refractivity contribution is 7.19. The molecule has 3 aliphatic heterocycles. The van der Waals surface area contributed by atoms with Gasteiger partial charge in [-0.2, -0.15) is 0 Å². The maximum atomic E-state index is 12.2. The zero-order chi connectivity index (χ0) is 24.9. The Kier molecular flexibility index (Phi) is 4.87. The van der Waals surface area contributed by atoms with Crippen molar-refractivity contribution >= 4 is 50.7 Å². The molecule has 1 N–H and O–H groups in total. The van der Waals surface area contributed by atoms with Gasteiger partial charge >= 0.3 is 0 Å². The number of benzene rings is 1. The number of halogens is 1. The number of fused-ring (bicyclic) bond motifs is 4. The molecule has 0 radical (unpaired) electrons. The Morgan fingerprint density at radius 1 is 1.14 bits per heavy atom. The molecule has 1 unspecified atom stereocenters. The van der Waals surface area contributed by atoms with Crippen LogP contribution in [0.15, 0.2) is 30.5 Å². The number of aromatic nitrogens is 1. The summed E-state index contributed by atoms with van der Waals surface area (Å²) in [5.41, 5.74) is 6.37. The van der Waals surface area contributed by atoms with E-state index >= 15 is 0 Å². The van der Waals surface area contributed by atoms with Gasteiger partial charge in [0.2, 0.25) is 11.8 Å². The van der Waals surface area contributed by atoms with Crippen LogP contribution >= 0.6 is 22.9 Å². The average molecular weight is 533 g/mol. The summed E-state index contributed by atoms with van der Waals surface area (Å²) in [5.74, 6) is 1.18. The van der Waals surface area contributed by atoms with Gasteiger partial charge in [-0.1, -0.05) is 11.6 Å². The molecule has 6 nitrogen and oxygen atoms in total. The Bertz CT molecular complexity index is 1460. The van der Waals surface area contributed by atoms with Crippen LogP contribution in [0.2, 0.25) is 5.02 Å². The lowest BCUT2D eigenvalue weighted by Crippen LogP contribution is -2.46. The highest BCUT2D eigenvalue weighted by Crippen LogP contribution is 2.59. The van der Waals surface area contributed by atoms with E-state index in [-0.39, 0.29) is 11.8 Å². The molecular formula is C29H29ClN4O2S. The molecule has 5 heterocycles. The molecule has 4 fully saturated rings. The van der Waals surface area contributed by atoms with E-state index in [4.69, 9.17) is 11.6 Å². The van der Waals surface area contributed by atoms with Gasteiger partial charge in [0.25, 0.3) is 0 Å². The summed E-state index contributed by atoms with van der Waals surface area (Å²) >= 11 is 8.42. The monoisotopic (exact) mass is 532 g/mol. The third-order valence-electron chi connectivity index (χ3n) is 9.46. The van der Waals surface area contributed by atoms with Crippen LogP contribution in [0, 0.1) is 5.92 Å². The molecule has 8 rings (SSSR count). The van der Waals surface area contributed by atoms with E-state index < -0.39 is 0 Å². The van der Waals surface area contributed by atoms with Gasteiger partial charge in [0.05, 0.1) is 16.8 Å². The molecule has 2 amide bonds. The number of carbonyl (C=O) groups is 2. The van der Waals surface area contributed by atoms with E-state index in [1.807, 2.05) is 12.3 Å². The van der Waals surface area contributed by atoms with E-state index in [0.29, 0.717) is 36.9 Å². The van der Waals surface area contributed by atoms with Crippen LogP contribution in [0.3, 0.4) is 0 Å². The van der Waals surface area contributed by atoms with Crippen LogP contribution in [0.1, 0.15) is 61.3 Å². The molecule has 2 saturated carbocycles. The minimum atomic E-state index is -0.0800. The zero-order valence-electron chi connectivity index (χ0n) is 20.6. The average Bonchev–Trinajstić information content (AvgIpc) is 3.18. The topological polar surface area (TPSA) is 65.5 Å². The zero-order valence-corrected chi connectivity index (χ0v) is 22.2. The quantitative estimate of drug-likeness (QED) is 0.451. The summed E-state index contributed by atoms with van der Waals surface area (Å²) in [5, 5.41) is 4.67. The Morgan fingerprint density at radius 3 is 2.73 bits per heavy atom. The molecule has 3 atom stereocenters. The normalized spacial score (nSPS) is 27.6. The molecule has 2 aromatic heterocycles. The summed E-state index contributed by atoms with van der Waals surface area (Å²) in [6, 6.07) is 9.00. The number of anilines is 1. The van der Waals surface area contributed by atoms with Crippen LogP contribution in [0.5, 0.6) is 0 Å². The van der Waals surface area contributed by atoms with Gasteiger partial charge in [0.1, 0.15) is 0 Å². The first-order valence-electron chi connectivity index (χ1n) is 13.5. The second-order valence-electron chi connectivity index (χ2n) is 11.7. The van der Waals surface area contributed by atoms with Crippen molar-refractivity contribution in [2.45, 2.75) is 69.0 Å². The summed E-state index contributed by atoms with van der Waals surface area (Å²) in [6.07, 6.45) is 8.92. The van der Waals surface area contributed by atoms with Gasteiger partial charge in [-0.25, -0.2) is 0 Å². The Morgan fingerprint density at radius 2 is 1.97 bits per heavy atom. The lowest BCUT2D eigenvalue weighted by molar-refractivity contribution is -0.138. The van der Waals surface area contributed by atoms with Crippen molar-refractivity contribution < 1.29 is 9.59 Å². The predicted octanol–water partition coefficient (Wildman–Crippen LogP) is 5.47. The molecule has 1 spiro atoms. The van der Waals surface area contributed by atoms with Gasteiger partial charge in [0.15, 0.2) is 0 Å². The fourth-order valence-corrected chi connectivity index (χ4v) is 8.66. The number of hydrogen-bond acceptors (Lipinski definition) is 6. The van der Waals surface area contributed by atoms with Crippen LogP contribution in [-0.2, 0) is 16.1 Å². The molecular weight excluding hydrogens is 504 g/mol. The number of thiophene rings is 1. The number of amides is 2. The van der Waals surface area contributed by atoms with Crippen molar-refractivity contribution in [1.82, 2.24) is 15.2 Å². The molecule has 8 heteroatoms. The van der Waals surface area contributed by atoms with Crippen molar-refractivity contribution in [2.75, 3.05) is 18.0 Å². The van der Waals surface area contributed by atoms with Crippen LogP contribution in [0.25, 0.3) is 21.3 Å². The SMILES string of the molecule is O=C1CCC(=O)N1Cc1cc2nccc(-c3cc(Cl)cc4c3N(C3CNC5(CCC5)C3)C[C@@H]3C[C@H]43)c2s1. The van der Waals surface area contributed by atoms with Crippen molar-refractivity contribution in [3.8, 4) is 11.1 Å². The van der Waals surface area contributed by atoms with Crippen LogP contribution < -0.4 is 10.2 Å². The first kappa shape index (κ1) is 22.5. The minimum absolute atomic E-state index is 0.0800. The van der Waals surface area contributed by atoms with E-state index in [1.165, 1.54) is 53.8 Å². The van der Waals surface area contributed by atoms with Gasteiger partial charge < -0.3 is 10.2 Å². The smallest absolute Gasteiger partial charge is 0.230 e. The van der Waals surface area contributed by atoms with Gasteiger partial charge in [-0.05, 0) is 73.8 Å². The van der Waals surface area contributed by atoms with Crippen LogP contribution in [-0.4, -0.2) is 46.4 Å². The Balaban J connectivity index is 1.23. The molecule has 1 aromatic carbocycles. The molecule has 190 valence electrons. The van der Waals surface area contributed by atoms with Gasteiger partial charge in [0, 0.05) is 70.4 Å². The number of imide groups is 1. The van der Waals surface area contributed by atoms with Crippen molar-refractivity contribution in [3.05, 3.63) is 45.9 Å². The number of nitrogens with zero attached hydrogens (tertiary/aromatic N) is 3. The third kappa shape index (κ3) is 3.50. The first-order valence-corrected chi connectivity index (χ1v) is 14.7. The molecule has 2 saturated heterocycles. The van der Waals surface area contributed by atoms with E-state index in [9.17, 15) is 9.59 Å². The second kappa shape index (κ2) is 8.01. The number of likely N-dealkylation sites (tertiary alicyclic amines) is 1. The number of carbonyl (C=O) groups excluding carboxylic acids is 2. The maximum absolute atomic E-state index is 12.2. The molecule has 5 aliphatic rings. The van der Waals surface area contributed by atoms with Crippen molar-refractivity contribution in [1.29, 1.82) is 0 Å². The summed E-state index contributed by atoms with van der Waals surface area (Å²) in [7, 11) is 0. The molecule has 2 aliphatic carbocycles. The molecule has 37 heavy (non-hydrogen) atoms. The number of rotatable bonds is 4. The van der Waals surface area contributed by atoms with E-state index in [2.05, 4.69) is 33.4 Å². The number of nitrogens with one attached hydrogen (secondary N) is 1. The minimum Gasteiger partial charge on any atom is -0.366 e. The fraction of sp³-hybridized carbons (Fsp3) is 0.483. The standard InChI is InChI=1S/C29H29ClN4O2S/c30-17-9-22(20-4-7-31-24-11-19(37-28(20)24)15-34-25(35)2-3-26(34)36)27-23(10-17)21-8-16(21)14-33(27)18-12-29(32-13-18)5-1-6-29/h4,7,9-11,16,18,21,32H,1-3,5-6,8,12-15H2/t16-,18?,21-/m0/s1. The Hall–Kier alpha value is -2.48. The van der Waals surface area contributed by atoms with Crippen LogP contribution in [0.4, 0.5) is 5.69 Å². The largest absolute Gasteiger partial charge is 0.366 e. The highest BCUT2D eigenvalue weighted by Gasteiger charge is 2.51. The summed E-state index contributed by atoms with van der Waals surface area (Å²) in [6.45, 7) is 2.50. The number of pyridine rings is 1. The fourth-order valence-electron chi connectivity index (χ4n) is 7.30. The third-order valence-corrected chi connectivity index (χ3v) is 10.8. The van der Waals surface area contributed by atoms with E-state index in [1.54, 1.807) is 11.3 Å². The molecule has 0 bridgehead atoms.